The molecule has 2 aromatic carbocycles. The molecule has 0 amide bonds. The van der Waals surface area contributed by atoms with Crippen LogP contribution in [0, 0.1) is 0 Å². The van der Waals surface area contributed by atoms with Crippen LogP contribution in [0.3, 0.4) is 0 Å². The molecule has 0 aromatic heterocycles. The number of anilines is 1. The fourth-order valence-electron chi connectivity index (χ4n) is 2.05. The van der Waals surface area contributed by atoms with Crippen LogP contribution >= 0.6 is 23.2 Å². The third-order valence-electron chi connectivity index (χ3n) is 3.31. The summed E-state index contributed by atoms with van der Waals surface area (Å²) >= 11 is 12.1. The van der Waals surface area contributed by atoms with E-state index in [2.05, 4.69) is 20.8 Å². The molecule has 0 aliphatic rings. The first-order valence-corrected chi connectivity index (χ1v) is 7.35. The summed E-state index contributed by atoms with van der Waals surface area (Å²) in [6.07, 6.45) is 0. The van der Waals surface area contributed by atoms with Crippen LogP contribution in [0.25, 0.3) is 0 Å². The van der Waals surface area contributed by atoms with Crippen LogP contribution in [0.1, 0.15) is 42.3 Å². The highest BCUT2D eigenvalue weighted by molar-refractivity contribution is 6.44. The fraction of sp³-hybridized carbons (Fsp3) is 0.235. The maximum absolute atomic E-state index is 12.5. The summed E-state index contributed by atoms with van der Waals surface area (Å²) in [6.45, 7) is 6.37. The van der Waals surface area contributed by atoms with E-state index in [-0.39, 0.29) is 21.2 Å². The number of hydrogen-bond donors (Lipinski definition) is 1. The van der Waals surface area contributed by atoms with Crippen LogP contribution < -0.4 is 5.73 Å². The van der Waals surface area contributed by atoms with Gasteiger partial charge in [0, 0.05) is 16.8 Å². The van der Waals surface area contributed by atoms with Crippen molar-refractivity contribution in [3.05, 3.63) is 63.1 Å². The van der Waals surface area contributed by atoms with E-state index in [1.165, 1.54) is 6.07 Å². The summed E-state index contributed by atoms with van der Waals surface area (Å²) < 4.78 is 0. The molecule has 0 heterocycles. The molecule has 0 aliphatic heterocycles. The molecule has 0 aliphatic carbocycles. The van der Waals surface area contributed by atoms with Gasteiger partial charge >= 0.3 is 0 Å². The first-order valence-electron chi connectivity index (χ1n) is 6.60. The Morgan fingerprint density at radius 3 is 2.14 bits per heavy atom. The van der Waals surface area contributed by atoms with Crippen LogP contribution in [-0.2, 0) is 5.41 Å². The first kappa shape index (κ1) is 15.9. The van der Waals surface area contributed by atoms with E-state index >= 15 is 0 Å². The summed E-state index contributed by atoms with van der Waals surface area (Å²) in [6, 6.07) is 10.6. The summed E-state index contributed by atoms with van der Waals surface area (Å²) in [5, 5.41) is 0.516. The van der Waals surface area contributed by atoms with Crippen LogP contribution in [0.5, 0.6) is 0 Å². The van der Waals surface area contributed by atoms with Gasteiger partial charge in [-0.25, -0.2) is 0 Å². The minimum atomic E-state index is -0.186. The number of nitrogen functional groups attached to an aromatic ring is 1. The zero-order valence-corrected chi connectivity index (χ0v) is 13.7. The maximum atomic E-state index is 12.5. The van der Waals surface area contributed by atoms with Crippen molar-refractivity contribution in [1.29, 1.82) is 0 Å². The molecular weight excluding hydrogens is 305 g/mol. The van der Waals surface area contributed by atoms with Crippen molar-refractivity contribution in [2.75, 3.05) is 5.73 Å². The highest BCUT2D eigenvalue weighted by Gasteiger charge is 2.18. The maximum Gasteiger partial charge on any atom is 0.194 e. The lowest BCUT2D eigenvalue weighted by Crippen LogP contribution is -2.11. The first-order chi connectivity index (χ1) is 9.70. The molecule has 0 saturated heterocycles. The van der Waals surface area contributed by atoms with Gasteiger partial charge in [-0.15, -0.1) is 0 Å². The second-order valence-corrected chi connectivity index (χ2v) is 6.81. The molecule has 2 nitrogen and oxygen atoms in total. The zero-order valence-electron chi connectivity index (χ0n) is 12.2. The highest BCUT2D eigenvalue weighted by Crippen LogP contribution is 2.31. The minimum absolute atomic E-state index is 0.0414. The quantitative estimate of drug-likeness (QED) is 0.617. The SMILES string of the molecule is CC(C)(C)c1ccc(C(=O)c2cc(N)cc(Cl)c2Cl)cc1. The highest BCUT2D eigenvalue weighted by atomic mass is 35.5. The standard InChI is InChI=1S/C17H17Cl2NO/c1-17(2,3)11-6-4-10(5-7-11)16(21)13-8-12(20)9-14(18)15(13)19/h4-9H,20H2,1-3H3. The largest absolute Gasteiger partial charge is 0.399 e. The Labute approximate surface area is 134 Å². The Morgan fingerprint density at radius 1 is 1.05 bits per heavy atom. The molecule has 0 atom stereocenters. The van der Waals surface area contributed by atoms with Gasteiger partial charge in [0.05, 0.1) is 10.0 Å². The van der Waals surface area contributed by atoms with E-state index in [0.717, 1.165) is 5.56 Å². The van der Waals surface area contributed by atoms with Crippen molar-refractivity contribution in [3.63, 3.8) is 0 Å². The molecule has 2 aromatic rings. The topological polar surface area (TPSA) is 43.1 Å². The third kappa shape index (κ3) is 3.39. The van der Waals surface area contributed by atoms with Crippen molar-refractivity contribution >= 4 is 34.7 Å². The molecule has 0 unspecified atom stereocenters. The number of benzene rings is 2. The van der Waals surface area contributed by atoms with Gasteiger partial charge in [0.2, 0.25) is 0 Å². The summed E-state index contributed by atoms with van der Waals surface area (Å²) in [5.41, 5.74) is 8.24. The Bertz CT molecular complexity index is 685. The smallest absolute Gasteiger partial charge is 0.194 e. The average molecular weight is 322 g/mol. The number of nitrogens with two attached hydrogens (primary N) is 1. The molecule has 2 rings (SSSR count). The van der Waals surface area contributed by atoms with E-state index in [1.54, 1.807) is 18.2 Å². The molecule has 0 bridgehead atoms. The number of carbonyl (C=O) groups excluding carboxylic acids is 1. The lowest BCUT2D eigenvalue weighted by atomic mass is 9.86. The average Bonchev–Trinajstić information content (AvgIpc) is 2.41. The molecule has 2 N–H and O–H groups in total. The molecule has 21 heavy (non-hydrogen) atoms. The predicted molar refractivity (Wildman–Crippen MR) is 89.4 cm³/mol. The molecule has 0 saturated carbocycles. The van der Waals surface area contributed by atoms with Gasteiger partial charge in [-0.3, -0.25) is 4.79 Å². The fourth-order valence-corrected chi connectivity index (χ4v) is 2.48. The predicted octanol–water partition coefficient (Wildman–Crippen LogP) is 5.10. The Kier molecular flexibility index (Phi) is 4.31. The summed E-state index contributed by atoms with van der Waals surface area (Å²) in [4.78, 5) is 12.5. The van der Waals surface area contributed by atoms with E-state index < -0.39 is 0 Å². The van der Waals surface area contributed by atoms with Gasteiger partial charge in [-0.05, 0) is 23.1 Å². The number of ketones is 1. The summed E-state index contributed by atoms with van der Waals surface area (Å²) in [7, 11) is 0. The number of carbonyl (C=O) groups is 1. The number of rotatable bonds is 2. The molecule has 0 spiro atoms. The van der Waals surface area contributed by atoms with Gasteiger partial charge in [0.25, 0.3) is 0 Å². The lowest BCUT2D eigenvalue weighted by molar-refractivity contribution is 0.103. The molecule has 4 heteroatoms. The Hall–Kier alpha value is -1.51. The van der Waals surface area contributed by atoms with Crippen LogP contribution in [-0.4, -0.2) is 5.78 Å². The van der Waals surface area contributed by atoms with Gasteiger partial charge in [0.15, 0.2) is 5.78 Å². The Balaban J connectivity index is 2.41. The van der Waals surface area contributed by atoms with Gasteiger partial charge < -0.3 is 5.73 Å². The van der Waals surface area contributed by atoms with E-state index in [9.17, 15) is 4.79 Å². The van der Waals surface area contributed by atoms with E-state index in [1.807, 2.05) is 12.1 Å². The van der Waals surface area contributed by atoms with Crippen LogP contribution in [0.4, 0.5) is 5.69 Å². The van der Waals surface area contributed by atoms with Crippen molar-refractivity contribution < 1.29 is 4.79 Å². The zero-order chi connectivity index (χ0) is 15.8. The monoisotopic (exact) mass is 321 g/mol. The second-order valence-electron chi connectivity index (χ2n) is 6.02. The number of hydrogen-bond acceptors (Lipinski definition) is 2. The van der Waals surface area contributed by atoms with Gasteiger partial charge in [0.1, 0.15) is 0 Å². The van der Waals surface area contributed by atoms with Crippen molar-refractivity contribution in [2.24, 2.45) is 0 Å². The third-order valence-corrected chi connectivity index (χ3v) is 4.11. The molecule has 110 valence electrons. The molecule has 0 radical (unpaired) electrons. The molecule has 0 fully saturated rings. The van der Waals surface area contributed by atoms with Crippen LogP contribution in [0.2, 0.25) is 10.0 Å². The van der Waals surface area contributed by atoms with E-state index in [0.29, 0.717) is 16.8 Å². The second kappa shape index (κ2) is 5.70. The van der Waals surface area contributed by atoms with E-state index in [4.69, 9.17) is 28.9 Å². The Morgan fingerprint density at radius 2 is 1.62 bits per heavy atom. The summed E-state index contributed by atoms with van der Waals surface area (Å²) in [5.74, 6) is -0.186. The number of halogens is 2. The van der Waals surface area contributed by atoms with Crippen molar-refractivity contribution in [2.45, 2.75) is 26.2 Å². The minimum Gasteiger partial charge on any atom is -0.399 e. The van der Waals surface area contributed by atoms with Crippen molar-refractivity contribution in [1.82, 2.24) is 0 Å². The van der Waals surface area contributed by atoms with Crippen molar-refractivity contribution in [3.8, 4) is 0 Å². The van der Waals surface area contributed by atoms with Crippen LogP contribution in [0.15, 0.2) is 36.4 Å². The van der Waals surface area contributed by atoms with Gasteiger partial charge in [-0.2, -0.15) is 0 Å². The molecular formula is C17H17Cl2NO. The normalized spacial score (nSPS) is 11.5. The van der Waals surface area contributed by atoms with Gasteiger partial charge in [-0.1, -0.05) is 68.2 Å². The lowest BCUT2D eigenvalue weighted by Gasteiger charge is -2.19.